The second kappa shape index (κ2) is 13.8. The normalized spacial score (nSPS) is 9.56. The van der Waals surface area contributed by atoms with Crippen LogP contribution in [-0.4, -0.2) is 5.16 Å². The first kappa shape index (κ1) is 26.6. The van der Waals surface area contributed by atoms with Crippen LogP contribution in [0.2, 0.25) is 0 Å². The van der Waals surface area contributed by atoms with Crippen LogP contribution in [0, 0.1) is 54.1 Å². The summed E-state index contributed by atoms with van der Waals surface area (Å²) in [6, 6.07) is 15.8. The highest BCUT2D eigenvalue weighted by molar-refractivity contribution is 7.78. The van der Waals surface area contributed by atoms with E-state index in [-0.39, 0.29) is 5.56 Å². The van der Waals surface area contributed by atoms with Crippen LogP contribution in [0.4, 0.5) is 14.5 Å². The summed E-state index contributed by atoms with van der Waals surface area (Å²) in [4.78, 5) is 3.40. The van der Waals surface area contributed by atoms with Crippen molar-refractivity contribution < 1.29 is 8.78 Å². The van der Waals surface area contributed by atoms with Gasteiger partial charge in [-0.25, -0.2) is 8.78 Å². The highest BCUT2D eigenvalue weighted by Crippen LogP contribution is 2.23. The summed E-state index contributed by atoms with van der Waals surface area (Å²) in [5, 5.41) is 1.97. The van der Waals surface area contributed by atoms with E-state index in [0.717, 1.165) is 52.8 Å². The van der Waals surface area contributed by atoms with Crippen LogP contribution in [0.3, 0.4) is 0 Å². The average Bonchev–Trinajstić information content (AvgIpc) is 2.87. The van der Waals surface area contributed by atoms with E-state index in [1.807, 2.05) is 54.5 Å². The number of aliphatic imine (C=N–C) groups is 1. The van der Waals surface area contributed by atoms with Crippen LogP contribution < -0.4 is 0 Å². The largest absolute Gasteiger partial charge is 0.204 e. The first-order chi connectivity index (χ1) is 17.5. The molecule has 0 bridgehead atoms. The molecule has 3 aromatic rings. The van der Waals surface area contributed by atoms with Gasteiger partial charge in [-0.1, -0.05) is 61.7 Å². The topological polar surface area (TPSA) is 12.4 Å². The molecule has 0 N–H and O–H groups in total. The molecule has 0 aliphatic carbocycles. The summed E-state index contributed by atoms with van der Waals surface area (Å²) in [7, 11) is 0. The lowest BCUT2D eigenvalue weighted by Gasteiger charge is -2.00. The lowest BCUT2D eigenvalue weighted by molar-refractivity contribution is 0.587. The van der Waals surface area contributed by atoms with Gasteiger partial charge >= 0.3 is 0 Å². The summed E-state index contributed by atoms with van der Waals surface area (Å²) in [5.41, 5.74) is 4.22. The lowest BCUT2D eigenvalue weighted by atomic mass is 10.0. The Bertz CT molecular complexity index is 1440. The zero-order chi connectivity index (χ0) is 25.8. The minimum Gasteiger partial charge on any atom is -0.204 e. The first-order valence-corrected chi connectivity index (χ1v) is 12.2. The van der Waals surface area contributed by atoms with Crippen LogP contribution in [0.15, 0.2) is 59.6 Å². The zero-order valence-electron chi connectivity index (χ0n) is 20.3. The third-order valence-corrected chi connectivity index (χ3v) is 5.46. The van der Waals surface area contributed by atoms with Crippen molar-refractivity contribution in [1.29, 1.82) is 0 Å². The molecule has 0 aromatic heterocycles. The summed E-state index contributed by atoms with van der Waals surface area (Å²) < 4.78 is 28.0. The molecule has 0 fully saturated rings. The fourth-order valence-electron chi connectivity index (χ4n) is 3.40. The Morgan fingerprint density at radius 3 is 1.97 bits per heavy atom. The maximum atomic E-state index is 14.0. The van der Waals surface area contributed by atoms with Crippen molar-refractivity contribution in [2.45, 2.75) is 46.0 Å². The number of hydrogen-bond donors (Lipinski definition) is 0. The summed E-state index contributed by atoms with van der Waals surface area (Å²) in [5.74, 6) is 16.9. The molecule has 1 nitrogen and oxygen atoms in total. The standard InChI is InChI=1S/C32H25F2NS/c1-3-4-5-6-7-8-9-25-10-12-26(13-11-25)16-18-29-19-17-27(20-24(29)2)14-15-28-21-30(33)32(35-23-36)31(34)22-28/h10-13,17,19-22H,3-7H2,1-2H3. The molecule has 178 valence electrons. The van der Waals surface area contributed by atoms with Gasteiger partial charge in [-0.2, -0.15) is 4.99 Å². The van der Waals surface area contributed by atoms with Gasteiger partial charge in [0, 0.05) is 34.2 Å². The van der Waals surface area contributed by atoms with E-state index in [0.29, 0.717) is 0 Å². The molecule has 0 heterocycles. The molecule has 3 rings (SSSR count). The molecule has 0 saturated heterocycles. The Hall–Kier alpha value is -4.00. The number of benzene rings is 3. The second-order valence-electron chi connectivity index (χ2n) is 8.21. The van der Waals surface area contributed by atoms with Crippen LogP contribution in [0.25, 0.3) is 0 Å². The molecule has 4 heteroatoms. The van der Waals surface area contributed by atoms with Crippen LogP contribution >= 0.6 is 12.2 Å². The Balaban J connectivity index is 1.67. The van der Waals surface area contributed by atoms with E-state index in [1.165, 1.54) is 19.3 Å². The van der Waals surface area contributed by atoms with E-state index in [1.54, 1.807) is 0 Å². The predicted molar refractivity (Wildman–Crippen MR) is 146 cm³/mol. The van der Waals surface area contributed by atoms with Gasteiger partial charge < -0.3 is 0 Å². The Morgan fingerprint density at radius 1 is 0.722 bits per heavy atom. The van der Waals surface area contributed by atoms with Gasteiger partial charge in [0.2, 0.25) is 0 Å². The van der Waals surface area contributed by atoms with Crippen molar-refractivity contribution in [2.24, 2.45) is 4.99 Å². The monoisotopic (exact) mass is 493 g/mol. The molecule has 0 saturated carbocycles. The van der Waals surface area contributed by atoms with Crippen molar-refractivity contribution in [3.05, 3.63) is 99.6 Å². The second-order valence-corrected chi connectivity index (χ2v) is 8.39. The zero-order valence-corrected chi connectivity index (χ0v) is 21.2. The Labute approximate surface area is 217 Å². The third-order valence-electron chi connectivity index (χ3n) is 5.37. The minimum absolute atomic E-state index is 0.208. The maximum absolute atomic E-state index is 14.0. The summed E-state index contributed by atoms with van der Waals surface area (Å²) in [6.45, 7) is 4.16. The average molecular weight is 494 g/mol. The molecule has 0 amide bonds. The van der Waals surface area contributed by atoms with E-state index >= 15 is 0 Å². The summed E-state index contributed by atoms with van der Waals surface area (Å²) >= 11 is 4.41. The third kappa shape index (κ3) is 8.05. The van der Waals surface area contributed by atoms with Crippen molar-refractivity contribution in [2.75, 3.05) is 0 Å². The Kier molecular flexibility index (Phi) is 10.2. The predicted octanol–water partition coefficient (Wildman–Crippen LogP) is 8.13. The summed E-state index contributed by atoms with van der Waals surface area (Å²) in [6.07, 6.45) is 5.84. The molecule has 0 aliphatic heterocycles. The molecule has 0 atom stereocenters. The van der Waals surface area contributed by atoms with Gasteiger partial charge in [0.25, 0.3) is 0 Å². The van der Waals surface area contributed by atoms with Crippen molar-refractivity contribution in [3.8, 4) is 35.5 Å². The van der Waals surface area contributed by atoms with Gasteiger partial charge in [0.15, 0.2) is 11.6 Å². The number of unbranched alkanes of at least 4 members (excludes halogenated alkanes) is 4. The number of halogens is 2. The van der Waals surface area contributed by atoms with Crippen molar-refractivity contribution >= 4 is 23.1 Å². The molecular formula is C32H25F2NS. The van der Waals surface area contributed by atoms with E-state index < -0.39 is 17.3 Å². The van der Waals surface area contributed by atoms with Crippen LogP contribution in [0.5, 0.6) is 0 Å². The number of nitrogens with zero attached hydrogens (tertiary/aromatic N) is 1. The van der Waals surface area contributed by atoms with Crippen molar-refractivity contribution in [3.63, 3.8) is 0 Å². The fourth-order valence-corrected chi connectivity index (χ4v) is 3.49. The van der Waals surface area contributed by atoms with Gasteiger partial charge in [-0.05, 0) is 85.7 Å². The fraction of sp³-hybridized carbons (Fsp3) is 0.219. The van der Waals surface area contributed by atoms with Gasteiger partial charge in [-0.15, -0.1) is 0 Å². The lowest BCUT2D eigenvalue weighted by Crippen LogP contribution is -1.87. The van der Waals surface area contributed by atoms with E-state index in [4.69, 9.17) is 0 Å². The molecule has 0 spiro atoms. The molecule has 0 unspecified atom stereocenters. The number of rotatable bonds is 5. The highest BCUT2D eigenvalue weighted by Gasteiger charge is 2.09. The van der Waals surface area contributed by atoms with Crippen molar-refractivity contribution in [1.82, 2.24) is 0 Å². The number of hydrogen-bond acceptors (Lipinski definition) is 2. The van der Waals surface area contributed by atoms with Gasteiger partial charge in [0.05, 0.1) is 5.16 Å². The molecule has 0 aliphatic rings. The first-order valence-electron chi connectivity index (χ1n) is 11.8. The minimum atomic E-state index is -0.832. The van der Waals surface area contributed by atoms with E-state index in [9.17, 15) is 8.78 Å². The Morgan fingerprint density at radius 2 is 1.33 bits per heavy atom. The van der Waals surface area contributed by atoms with Crippen LogP contribution in [-0.2, 0) is 0 Å². The van der Waals surface area contributed by atoms with E-state index in [2.05, 4.69) is 59.7 Å². The van der Waals surface area contributed by atoms with Crippen LogP contribution in [0.1, 0.15) is 72.4 Å². The maximum Gasteiger partial charge on any atom is 0.153 e. The molecule has 3 aromatic carbocycles. The number of isothiocyanates is 1. The number of aryl methyl sites for hydroxylation is 1. The molecule has 0 radical (unpaired) electrons. The number of thiocarbonyl (C=S) groups is 1. The van der Waals surface area contributed by atoms with Gasteiger partial charge in [-0.3, -0.25) is 0 Å². The van der Waals surface area contributed by atoms with Gasteiger partial charge in [0.1, 0.15) is 5.69 Å². The SMILES string of the molecule is CCCCCCC#Cc1ccc(C#Cc2ccc(C#Cc3cc(F)c(N=C=S)c(F)c3)cc2C)cc1. The molecule has 36 heavy (non-hydrogen) atoms. The quantitative estimate of drug-likeness (QED) is 0.151. The highest BCUT2D eigenvalue weighted by atomic mass is 32.1. The molecular weight excluding hydrogens is 468 g/mol. The smallest absolute Gasteiger partial charge is 0.153 e.